The molecule has 0 aliphatic heterocycles. The molecule has 0 aliphatic rings. The van der Waals surface area contributed by atoms with Gasteiger partial charge in [-0.05, 0) is 26.3 Å². The molecule has 0 rings (SSSR count). The first-order chi connectivity index (χ1) is 10.6. The maximum atomic E-state index is 11.0. The average Bonchev–Trinajstić information content (AvgIpc) is 2.55. The SMILES string of the molecule is C=C/C(=C(\C=C/C)C(/C=C\C)=C/C=C\C)[N+](=O)[O-].CC.CC. The normalized spacial score (nSPS) is 12.4. The molecule has 0 aromatic heterocycles. The van der Waals surface area contributed by atoms with Crippen molar-refractivity contribution >= 4 is 0 Å². The molecular weight excluding hydrogens is 274 g/mol. The third-order valence-electron chi connectivity index (χ3n) is 2.12. The highest BCUT2D eigenvalue weighted by Crippen LogP contribution is 2.20. The third kappa shape index (κ3) is 10.6. The maximum Gasteiger partial charge on any atom is 0.276 e. The summed E-state index contributed by atoms with van der Waals surface area (Å²) in [5, 5.41) is 11.0. The average molecular weight is 305 g/mol. The summed E-state index contributed by atoms with van der Waals surface area (Å²) >= 11 is 0. The van der Waals surface area contributed by atoms with Crippen molar-refractivity contribution in [2.24, 2.45) is 0 Å². The van der Waals surface area contributed by atoms with Gasteiger partial charge in [0.1, 0.15) is 0 Å². The second-order valence-electron chi connectivity index (χ2n) is 3.41. The Kier molecular flexibility index (Phi) is 21.3. The molecule has 0 fully saturated rings. The summed E-state index contributed by atoms with van der Waals surface area (Å²) in [7, 11) is 0. The van der Waals surface area contributed by atoms with E-state index < -0.39 is 4.92 Å². The van der Waals surface area contributed by atoms with E-state index in [2.05, 4.69) is 6.58 Å². The molecule has 0 amide bonds. The zero-order valence-electron chi connectivity index (χ0n) is 15.1. The lowest BCUT2D eigenvalue weighted by atomic mass is 10.0. The number of hydrogen-bond donors (Lipinski definition) is 0. The fourth-order valence-electron chi connectivity index (χ4n) is 1.39. The lowest BCUT2D eigenvalue weighted by Gasteiger charge is -2.03. The highest BCUT2D eigenvalue weighted by atomic mass is 16.6. The Morgan fingerprint density at radius 1 is 0.955 bits per heavy atom. The van der Waals surface area contributed by atoms with E-state index in [-0.39, 0.29) is 5.70 Å². The number of nitrogens with zero attached hydrogens (tertiary/aromatic N) is 1. The summed E-state index contributed by atoms with van der Waals surface area (Å²) in [4.78, 5) is 10.6. The van der Waals surface area contributed by atoms with Crippen molar-refractivity contribution in [1.29, 1.82) is 0 Å². The van der Waals surface area contributed by atoms with Crippen molar-refractivity contribution in [3.05, 3.63) is 82.1 Å². The fraction of sp³-hybridized carbons (Fsp3) is 0.368. The molecule has 0 unspecified atom stereocenters. The number of hydrogen-bond acceptors (Lipinski definition) is 2. The first kappa shape index (κ1) is 24.8. The van der Waals surface area contributed by atoms with Crippen LogP contribution in [0.2, 0.25) is 0 Å². The molecule has 0 spiro atoms. The van der Waals surface area contributed by atoms with Gasteiger partial charge in [0.05, 0.1) is 10.5 Å². The Morgan fingerprint density at radius 2 is 1.45 bits per heavy atom. The van der Waals surface area contributed by atoms with Crippen molar-refractivity contribution in [1.82, 2.24) is 0 Å². The van der Waals surface area contributed by atoms with Gasteiger partial charge in [0, 0.05) is 6.08 Å². The van der Waals surface area contributed by atoms with Crippen LogP contribution in [0.4, 0.5) is 0 Å². The third-order valence-corrected chi connectivity index (χ3v) is 2.12. The molecule has 0 aromatic carbocycles. The summed E-state index contributed by atoms with van der Waals surface area (Å²) in [5.41, 5.74) is 1.33. The molecule has 0 saturated heterocycles. The molecule has 3 nitrogen and oxygen atoms in total. The minimum Gasteiger partial charge on any atom is -0.258 e. The van der Waals surface area contributed by atoms with E-state index in [0.29, 0.717) is 5.57 Å². The summed E-state index contributed by atoms with van der Waals surface area (Å²) < 4.78 is 0. The molecular formula is C19H31NO2. The topological polar surface area (TPSA) is 43.1 Å². The van der Waals surface area contributed by atoms with Gasteiger partial charge in [0.25, 0.3) is 5.70 Å². The Bertz CT molecular complexity index is 450. The number of nitro groups is 1. The van der Waals surface area contributed by atoms with Crippen LogP contribution >= 0.6 is 0 Å². The summed E-state index contributed by atoms with van der Waals surface area (Å²) in [6.45, 7) is 17.1. The molecule has 0 atom stereocenters. The van der Waals surface area contributed by atoms with Crippen LogP contribution in [-0.2, 0) is 0 Å². The van der Waals surface area contributed by atoms with Gasteiger partial charge in [-0.25, -0.2) is 0 Å². The van der Waals surface area contributed by atoms with Crippen LogP contribution in [0.15, 0.2) is 72.0 Å². The van der Waals surface area contributed by atoms with E-state index in [4.69, 9.17) is 0 Å². The van der Waals surface area contributed by atoms with E-state index in [1.165, 1.54) is 6.08 Å². The van der Waals surface area contributed by atoms with Crippen LogP contribution in [0.1, 0.15) is 48.5 Å². The number of allylic oxidation sites excluding steroid dienone is 10. The minimum atomic E-state index is -0.421. The predicted molar refractivity (Wildman–Crippen MR) is 99.4 cm³/mol. The van der Waals surface area contributed by atoms with Gasteiger partial charge in [-0.2, -0.15) is 0 Å². The zero-order valence-corrected chi connectivity index (χ0v) is 15.1. The molecule has 0 bridgehead atoms. The van der Waals surface area contributed by atoms with Crippen LogP contribution in [0.5, 0.6) is 0 Å². The summed E-state index contributed by atoms with van der Waals surface area (Å²) in [5.74, 6) is 0. The van der Waals surface area contributed by atoms with Gasteiger partial charge in [-0.1, -0.05) is 76.8 Å². The predicted octanol–water partition coefficient (Wildman–Crippen LogP) is 6.41. The van der Waals surface area contributed by atoms with Crippen LogP contribution in [0.3, 0.4) is 0 Å². The Hall–Kier alpha value is -2.16. The van der Waals surface area contributed by atoms with E-state index in [1.54, 1.807) is 12.2 Å². The van der Waals surface area contributed by atoms with E-state index in [0.717, 1.165) is 5.57 Å². The first-order valence-electron chi connectivity index (χ1n) is 7.72. The van der Waals surface area contributed by atoms with Gasteiger partial charge < -0.3 is 0 Å². The monoisotopic (exact) mass is 305 g/mol. The highest BCUT2D eigenvalue weighted by Gasteiger charge is 2.14. The van der Waals surface area contributed by atoms with Gasteiger partial charge in [-0.3, -0.25) is 10.1 Å². The molecule has 3 heteroatoms. The van der Waals surface area contributed by atoms with E-state index in [9.17, 15) is 10.1 Å². The van der Waals surface area contributed by atoms with Gasteiger partial charge >= 0.3 is 0 Å². The number of rotatable bonds is 6. The van der Waals surface area contributed by atoms with Crippen molar-refractivity contribution < 1.29 is 4.92 Å². The fourth-order valence-corrected chi connectivity index (χ4v) is 1.39. The Labute approximate surface area is 136 Å². The van der Waals surface area contributed by atoms with Crippen molar-refractivity contribution in [3.63, 3.8) is 0 Å². The molecule has 0 heterocycles. The molecule has 0 radical (unpaired) electrons. The molecule has 0 saturated carbocycles. The van der Waals surface area contributed by atoms with Crippen molar-refractivity contribution in [2.75, 3.05) is 0 Å². The molecule has 22 heavy (non-hydrogen) atoms. The Morgan fingerprint density at radius 3 is 1.77 bits per heavy atom. The van der Waals surface area contributed by atoms with Crippen LogP contribution in [0, 0.1) is 10.1 Å². The van der Waals surface area contributed by atoms with Crippen LogP contribution in [-0.4, -0.2) is 4.92 Å². The largest absolute Gasteiger partial charge is 0.276 e. The van der Waals surface area contributed by atoms with E-state index >= 15 is 0 Å². The van der Waals surface area contributed by atoms with E-state index in [1.807, 2.05) is 78.8 Å². The summed E-state index contributed by atoms with van der Waals surface area (Å²) in [6.07, 6.45) is 14.0. The molecule has 0 aliphatic carbocycles. The van der Waals surface area contributed by atoms with Crippen molar-refractivity contribution in [3.8, 4) is 0 Å². The van der Waals surface area contributed by atoms with Gasteiger partial charge in [0.15, 0.2) is 0 Å². The second kappa shape index (κ2) is 18.8. The molecule has 0 N–H and O–H groups in total. The molecule has 124 valence electrons. The van der Waals surface area contributed by atoms with Gasteiger partial charge in [0.2, 0.25) is 0 Å². The first-order valence-corrected chi connectivity index (χ1v) is 7.72. The second-order valence-corrected chi connectivity index (χ2v) is 3.41. The minimum absolute atomic E-state index is 0.00181. The van der Waals surface area contributed by atoms with Crippen LogP contribution in [0.25, 0.3) is 0 Å². The Balaban J connectivity index is -0.000000826. The maximum absolute atomic E-state index is 11.0. The zero-order chi connectivity index (χ0) is 18.0. The smallest absolute Gasteiger partial charge is 0.258 e. The quantitative estimate of drug-likeness (QED) is 0.323. The summed E-state index contributed by atoms with van der Waals surface area (Å²) in [6, 6.07) is 0. The van der Waals surface area contributed by atoms with Gasteiger partial charge in [-0.15, -0.1) is 0 Å². The van der Waals surface area contributed by atoms with Crippen LogP contribution < -0.4 is 0 Å². The van der Waals surface area contributed by atoms with Crippen molar-refractivity contribution in [2.45, 2.75) is 48.5 Å². The lowest BCUT2D eigenvalue weighted by Crippen LogP contribution is -2.01. The lowest BCUT2D eigenvalue weighted by molar-refractivity contribution is -0.419. The molecule has 0 aromatic rings. The standard InChI is InChI=1S/C15H19NO2.2C2H6/c1-5-9-12-13(10-6-2)14(11-7-3)15(8-4)16(17)18;2*1-2/h5-12H,4H2,1-3H3;2*1-2H3/b9-5-,10-6-,11-7-,13-12+,15-14-;;. The highest BCUT2D eigenvalue weighted by molar-refractivity contribution is 5.51.